The average Bonchev–Trinajstić information content (AvgIpc) is 3.01. The second kappa shape index (κ2) is 5.70. The number of nitrogens with two attached hydrogens (primary N) is 1. The minimum Gasteiger partial charge on any atom is -0.339 e. The SMILES string of the molecule is CC(=O)N1CCc2ccccc2C1Cc1nc(C2(N)CCC2)no1. The Bertz CT molecular complexity index is 766. The van der Waals surface area contributed by atoms with Crippen LogP contribution in [0, 0.1) is 0 Å². The molecule has 1 aromatic carbocycles. The Morgan fingerprint density at radius 3 is 2.92 bits per heavy atom. The summed E-state index contributed by atoms with van der Waals surface area (Å²) in [4.78, 5) is 18.5. The standard InChI is InChI=1S/C18H22N4O2/c1-12(23)22-10-7-13-5-2-3-6-14(13)15(22)11-16-20-17(21-24-16)18(19)8-4-9-18/h2-3,5-6,15H,4,7-11,19H2,1H3. The molecule has 0 bridgehead atoms. The lowest BCUT2D eigenvalue weighted by Crippen LogP contribution is -2.44. The number of hydrogen-bond donors (Lipinski definition) is 1. The molecule has 2 heterocycles. The Balaban J connectivity index is 1.62. The minimum atomic E-state index is -0.424. The normalized spacial score (nSPS) is 21.9. The van der Waals surface area contributed by atoms with E-state index in [4.69, 9.17) is 10.3 Å². The van der Waals surface area contributed by atoms with Crippen LogP contribution < -0.4 is 5.73 Å². The second-order valence-electron chi connectivity index (χ2n) is 6.90. The third kappa shape index (κ3) is 2.51. The average molecular weight is 326 g/mol. The molecule has 6 nitrogen and oxygen atoms in total. The molecule has 0 saturated heterocycles. The van der Waals surface area contributed by atoms with Crippen molar-refractivity contribution in [3.05, 3.63) is 47.1 Å². The smallest absolute Gasteiger partial charge is 0.229 e. The fourth-order valence-electron chi connectivity index (χ4n) is 3.74. The second-order valence-corrected chi connectivity index (χ2v) is 6.90. The Hall–Kier alpha value is -2.21. The van der Waals surface area contributed by atoms with Gasteiger partial charge in [0, 0.05) is 13.5 Å². The van der Waals surface area contributed by atoms with Gasteiger partial charge in [-0.3, -0.25) is 4.79 Å². The molecule has 1 saturated carbocycles. The van der Waals surface area contributed by atoms with Crippen LogP contribution in [0.3, 0.4) is 0 Å². The number of hydrogen-bond acceptors (Lipinski definition) is 5. The fraction of sp³-hybridized carbons (Fsp3) is 0.500. The number of nitrogens with zero attached hydrogens (tertiary/aromatic N) is 3. The summed E-state index contributed by atoms with van der Waals surface area (Å²) < 4.78 is 5.45. The van der Waals surface area contributed by atoms with E-state index in [0.717, 1.165) is 32.2 Å². The van der Waals surface area contributed by atoms with Gasteiger partial charge in [0.1, 0.15) is 0 Å². The van der Waals surface area contributed by atoms with Gasteiger partial charge in [0.05, 0.1) is 18.0 Å². The Kier molecular flexibility index (Phi) is 3.64. The van der Waals surface area contributed by atoms with Gasteiger partial charge in [-0.25, -0.2) is 0 Å². The summed E-state index contributed by atoms with van der Waals surface area (Å²) in [5, 5.41) is 4.09. The minimum absolute atomic E-state index is 0.0594. The Morgan fingerprint density at radius 2 is 2.21 bits per heavy atom. The largest absolute Gasteiger partial charge is 0.339 e. The van der Waals surface area contributed by atoms with E-state index < -0.39 is 5.54 Å². The Morgan fingerprint density at radius 1 is 1.42 bits per heavy atom. The van der Waals surface area contributed by atoms with E-state index in [1.165, 1.54) is 11.1 Å². The molecule has 2 aliphatic rings. The zero-order valence-electron chi connectivity index (χ0n) is 13.9. The summed E-state index contributed by atoms with van der Waals surface area (Å²) in [6, 6.07) is 8.21. The lowest BCUT2D eigenvalue weighted by molar-refractivity contribution is -0.131. The first kappa shape index (κ1) is 15.3. The molecular formula is C18H22N4O2. The third-order valence-corrected chi connectivity index (χ3v) is 5.34. The molecule has 2 aromatic rings. The molecule has 1 aliphatic carbocycles. The van der Waals surface area contributed by atoms with Crippen molar-refractivity contribution in [2.24, 2.45) is 5.73 Å². The number of fused-ring (bicyclic) bond motifs is 1. The van der Waals surface area contributed by atoms with E-state index in [2.05, 4.69) is 22.3 Å². The molecule has 1 unspecified atom stereocenters. The summed E-state index contributed by atoms with van der Waals surface area (Å²) in [6.45, 7) is 2.34. The van der Waals surface area contributed by atoms with Crippen molar-refractivity contribution in [1.29, 1.82) is 0 Å². The summed E-state index contributed by atoms with van der Waals surface area (Å²) in [5.41, 5.74) is 8.31. The number of carbonyl (C=O) groups is 1. The fourth-order valence-corrected chi connectivity index (χ4v) is 3.74. The molecule has 0 spiro atoms. The van der Waals surface area contributed by atoms with Crippen LogP contribution >= 0.6 is 0 Å². The number of rotatable bonds is 3. The van der Waals surface area contributed by atoms with E-state index in [0.29, 0.717) is 18.1 Å². The highest BCUT2D eigenvalue weighted by Crippen LogP contribution is 2.38. The van der Waals surface area contributed by atoms with Crippen LogP contribution in [0.4, 0.5) is 0 Å². The van der Waals surface area contributed by atoms with Gasteiger partial charge in [0.2, 0.25) is 11.8 Å². The summed E-state index contributed by atoms with van der Waals surface area (Å²) >= 11 is 0. The maximum absolute atomic E-state index is 12.1. The summed E-state index contributed by atoms with van der Waals surface area (Å²) in [6.07, 6.45) is 4.32. The van der Waals surface area contributed by atoms with E-state index >= 15 is 0 Å². The van der Waals surface area contributed by atoms with Gasteiger partial charge in [-0.05, 0) is 36.8 Å². The van der Waals surface area contributed by atoms with Gasteiger partial charge in [-0.1, -0.05) is 29.4 Å². The van der Waals surface area contributed by atoms with Gasteiger partial charge >= 0.3 is 0 Å². The van der Waals surface area contributed by atoms with Crippen LogP contribution in [0.1, 0.15) is 55.1 Å². The molecule has 1 atom stereocenters. The highest BCUT2D eigenvalue weighted by molar-refractivity contribution is 5.74. The number of carbonyl (C=O) groups excluding carboxylic acids is 1. The molecule has 126 valence electrons. The maximum Gasteiger partial charge on any atom is 0.229 e. The lowest BCUT2D eigenvalue weighted by Gasteiger charge is -2.36. The molecule has 24 heavy (non-hydrogen) atoms. The van der Waals surface area contributed by atoms with Crippen LogP contribution in [0.5, 0.6) is 0 Å². The molecule has 1 amide bonds. The first-order chi connectivity index (χ1) is 11.6. The Labute approximate surface area is 141 Å². The molecule has 2 N–H and O–H groups in total. The number of amides is 1. The van der Waals surface area contributed by atoms with E-state index in [1.54, 1.807) is 6.92 Å². The quantitative estimate of drug-likeness (QED) is 0.933. The van der Waals surface area contributed by atoms with Crippen LogP contribution in [-0.4, -0.2) is 27.5 Å². The van der Waals surface area contributed by atoms with Gasteiger partial charge in [-0.15, -0.1) is 0 Å². The van der Waals surface area contributed by atoms with Crippen molar-refractivity contribution < 1.29 is 9.32 Å². The van der Waals surface area contributed by atoms with Crippen LogP contribution in [0.15, 0.2) is 28.8 Å². The predicted octanol–water partition coefficient (Wildman–Crippen LogP) is 2.10. The van der Waals surface area contributed by atoms with Crippen molar-refractivity contribution in [3.63, 3.8) is 0 Å². The zero-order chi connectivity index (χ0) is 16.7. The van der Waals surface area contributed by atoms with Gasteiger partial charge in [0.15, 0.2) is 5.82 Å². The van der Waals surface area contributed by atoms with Crippen LogP contribution in [-0.2, 0) is 23.2 Å². The monoisotopic (exact) mass is 326 g/mol. The molecule has 1 aromatic heterocycles. The van der Waals surface area contributed by atoms with Crippen molar-refractivity contribution in [1.82, 2.24) is 15.0 Å². The number of aromatic nitrogens is 2. The summed E-state index contributed by atoms with van der Waals surface area (Å²) in [5.74, 6) is 1.22. The predicted molar refractivity (Wildman–Crippen MR) is 88.0 cm³/mol. The molecule has 1 aliphatic heterocycles. The highest BCUT2D eigenvalue weighted by atomic mass is 16.5. The van der Waals surface area contributed by atoms with Gasteiger partial charge < -0.3 is 15.2 Å². The van der Waals surface area contributed by atoms with E-state index in [1.807, 2.05) is 17.0 Å². The first-order valence-corrected chi connectivity index (χ1v) is 8.54. The van der Waals surface area contributed by atoms with Crippen LogP contribution in [0.2, 0.25) is 0 Å². The topological polar surface area (TPSA) is 85.2 Å². The zero-order valence-corrected chi connectivity index (χ0v) is 13.9. The van der Waals surface area contributed by atoms with Crippen molar-refractivity contribution >= 4 is 5.91 Å². The van der Waals surface area contributed by atoms with E-state index in [9.17, 15) is 4.79 Å². The highest BCUT2D eigenvalue weighted by Gasteiger charge is 2.39. The third-order valence-electron chi connectivity index (χ3n) is 5.34. The number of benzene rings is 1. The van der Waals surface area contributed by atoms with E-state index in [-0.39, 0.29) is 11.9 Å². The lowest BCUT2D eigenvalue weighted by atomic mass is 9.77. The molecule has 6 heteroatoms. The van der Waals surface area contributed by atoms with Gasteiger partial charge in [-0.2, -0.15) is 4.98 Å². The molecule has 4 rings (SSSR count). The first-order valence-electron chi connectivity index (χ1n) is 8.54. The maximum atomic E-state index is 12.1. The van der Waals surface area contributed by atoms with Crippen molar-refractivity contribution in [3.8, 4) is 0 Å². The molecule has 1 fully saturated rings. The summed E-state index contributed by atoms with van der Waals surface area (Å²) in [7, 11) is 0. The molecule has 0 radical (unpaired) electrons. The van der Waals surface area contributed by atoms with Crippen molar-refractivity contribution in [2.75, 3.05) is 6.54 Å². The van der Waals surface area contributed by atoms with Crippen molar-refractivity contribution in [2.45, 2.75) is 50.6 Å². The molecular weight excluding hydrogens is 304 g/mol. The van der Waals surface area contributed by atoms with Crippen LogP contribution in [0.25, 0.3) is 0 Å². The van der Waals surface area contributed by atoms with Gasteiger partial charge in [0.25, 0.3) is 0 Å².